The van der Waals surface area contributed by atoms with E-state index in [-0.39, 0.29) is 12.7 Å². The highest BCUT2D eigenvalue weighted by Gasteiger charge is 2.21. The van der Waals surface area contributed by atoms with Crippen LogP contribution in [0.15, 0.2) is 30.3 Å². The minimum absolute atomic E-state index is 0.00562. The lowest BCUT2D eigenvalue weighted by Gasteiger charge is -2.30. The fourth-order valence-electron chi connectivity index (χ4n) is 2.23. The van der Waals surface area contributed by atoms with Crippen LogP contribution in [0.4, 0.5) is 4.79 Å². The first-order chi connectivity index (χ1) is 9.28. The van der Waals surface area contributed by atoms with Crippen molar-refractivity contribution in [1.82, 2.24) is 4.90 Å². The van der Waals surface area contributed by atoms with Crippen molar-refractivity contribution in [3.8, 4) is 0 Å². The molecule has 0 unspecified atom stereocenters. The van der Waals surface area contributed by atoms with Gasteiger partial charge in [0.15, 0.2) is 0 Å². The van der Waals surface area contributed by atoms with Crippen LogP contribution in [0.2, 0.25) is 0 Å². The average molecular weight is 263 g/mol. The molecule has 1 aliphatic rings. The number of benzene rings is 1. The molecule has 1 heterocycles. The number of carbonyl (C=O) groups excluding carboxylic acids is 1. The van der Waals surface area contributed by atoms with Gasteiger partial charge in [-0.1, -0.05) is 37.3 Å². The van der Waals surface area contributed by atoms with Gasteiger partial charge in [-0.2, -0.15) is 0 Å². The number of hydrogen-bond acceptors (Lipinski definition) is 4. The Morgan fingerprint density at radius 3 is 2.58 bits per heavy atom. The normalized spacial score (nSPS) is 17.1. The summed E-state index contributed by atoms with van der Waals surface area (Å²) in [7, 11) is 0. The van der Waals surface area contributed by atoms with Gasteiger partial charge in [-0.15, -0.1) is 0 Å². The summed E-state index contributed by atoms with van der Waals surface area (Å²) in [6.45, 7) is 5.47. The number of nitrogens with zero attached hydrogens (tertiary/aromatic N) is 1. The topological polar surface area (TPSA) is 38.8 Å². The third-order valence-electron chi connectivity index (χ3n) is 3.44. The molecule has 0 spiro atoms. The largest absolute Gasteiger partial charge is 0.508 e. The van der Waals surface area contributed by atoms with E-state index in [4.69, 9.17) is 9.47 Å². The lowest BCUT2D eigenvalue weighted by molar-refractivity contribution is -0.00289. The zero-order valence-corrected chi connectivity index (χ0v) is 11.4. The summed E-state index contributed by atoms with van der Waals surface area (Å²) in [4.78, 5) is 13.9. The van der Waals surface area contributed by atoms with Crippen molar-refractivity contribution in [3.63, 3.8) is 0 Å². The molecule has 1 aliphatic heterocycles. The van der Waals surface area contributed by atoms with Crippen LogP contribution >= 0.6 is 0 Å². The fourth-order valence-corrected chi connectivity index (χ4v) is 2.23. The van der Waals surface area contributed by atoms with E-state index in [1.54, 1.807) is 0 Å². The summed E-state index contributed by atoms with van der Waals surface area (Å²) < 4.78 is 10.4. The third-order valence-corrected chi connectivity index (χ3v) is 3.44. The molecule has 0 atom stereocenters. The number of piperidine rings is 1. The molecular formula is C15H21NO3. The standard InChI is InChI=1S/C15H21NO3/c1-2-16-10-8-14(9-11-16)19-15(17)18-12-13-6-4-3-5-7-13/h3-7,14H,2,8-12H2,1H3. The minimum atomic E-state index is -0.557. The summed E-state index contributed by atoms with van der Waals surface area (Å²) >= 11 is 0. The summed E-state index contributed by atoms with van der Waals surface area (Å²) in [5, 5.41) is 0. The molecule has 1 fully saturated rings. The van der Waals surface area contributed by atoms with Gasteiger partial charge in [-0.3, -0.25) is 0 Å². The van der Waals surface area contributed by atoms with Crippen LogP contribution in [0.1, 0.15) is 25.3 Å². The molecule has 4 heteroatoms. The molecule has 1 aromatic rings. The zero-order valence-electron chi connectivity index (χ0n) is 11.4. The molecule has 0 saturated carbocycles. The quantitative estimate of drug-likeness (QED) is 0.783. The number of hydrogen-bond donors (Lipinski definition) is 0. The second kappa shape index (κ2) is 7.14. The second-order valence-electron chi connectivity index (χ2n) is 4.78. The van der Waals surface area contributed by atoms with Crippen LogP contribution in [0.25, 0.3) is 0 Å². The Morgan fingerprint density at radius 2 is 1.95 bits per heavy atom. The Bertz CT molecular complexity index is 386. The van der Waals surface area contributed by atoms with Crippen molar-refractivity contribution >= 4 is 6.16 Å². The minimum Gasteiger partial charge on any atom is -0.431 e. The van der Waals surface area contributed by atoms with Crippen LogP contribution in [0.3, 0.4) is 0 Å². The average Bonchev–Trinajstić information content (AvgIpc) is 2.47. The highest BCUT2D eigenvalue weighted by molar-refractivity contribution is 5.60. The van der Waals surface area contributed by atoms with Crippen LogP contribution in [0, 0.1) is 0 Å². The lowest BCUT2D eigenvalue weighted by Crippen LogP contribution is -2.37. The molecule has 0 amide bonds. The van der Waals surface area contributed by atoms with E-state index < -0.39 is 6.16 Å². The van der Waals surface area contributed by atoms with Crippen LogP contribution in [-0.2, 0) is 16.1 Å². The summed E-state index contributed by atoms with van der Waals surface area (Å²) in [5.74, 6) is 0. The fraction of sp³-hybridized carbons (Fsp3) is 0.533. The molecule has 0 bridgehead atoms. The monoisotopic (exact) mass is 263 g/mol. The van der Waals surface area contributed by atoms with Crippen LogP contribution < -0.4 is 0 Å². The van der Waals surface area contributed by atoms with Gasteiger partial charge in [-0.25, -0.2) is 4.79 Å². The van der Waals surface area contributed by atoms with Crippen LogP contribution in [0.5, 0.6) is 0 Å². The van der Waals surface area contributed by atoms with Gasteiger partial charge in [0.05, 0.1) is 0 Å². The van der Waals surface area contributed by atoms with E-state index in [1.165, 1.54) is 0 Å². The maximum Gasteiger partial charge on any atom is 0.508 e. The van der Waals surface area contributed by atoms with Crippen molar-refractivity contribution in [3.05, 3.63) is 35.9 Å². The van der Waals surface area contributed by atoms with Crippen LogP contribution in [-0.4, -0.2) is 36.8 Å². The molecule has 1 saturated heterocycles. The number of ether oxygens (including phenoxy) is 2. The SMILES string of the molecule is CCN1CCC(OC(=O)OCc2ccccc2)CC1. The van der Waals surface area contributed by atoms with E-state index >= 15 is 0 Å². The van der Waals surface area contributed by atoms with Gasteiger partial charge in [0.1, 0.15) is 12.7 Å². The zero-order chi connectivity index (χ0) is 13.5. The molecule has 0 aliphatic carbocycles. The lowest BCUT2D eigenvalue weighted by atomic mass is 10.1. The highest BCUT2D eigenvalue weighted by Crippen LogP contribution is 2.14. The number of carbonyl (C=O) groups is 1. The molecular weight excluding hydrogens is 242 g/mol. The Hall–Kier alpha value is -1.55. The van der Waals surface area contributed by atoms with Gasteiger partial charge in [0.2, 0.25) is 0 Å². The van der Waals surface area contributed by atoms with E-state index in [9.17, 15) is 4.79 Å². The Morgan fingerprint density at radius 1 is 1.26 bits per heavy atom. The molecule has 0 N–H and O–H groups in total. The molecule has 4 nitrogen and oxygen atoms in total. The first-order valence-electron chi connectivity index (χ1n) is 6.87. The van der Waals surface area contributed by atoms with Gasteiger partial charge >= 0.3 is 6.16 Å². The van der Waals surface area contributed by atoms with Gasteiger partial charge in [-0.05, 0) is 24.9 Å². The molecule has 104 valence electrons. The Balaban J connectivity index is 1.67. The maximum atomic E-state index is 11.6. The van der Waals surface area contributed by atoms with Crippen molar-refractivity contribution in [1.29, 1.82) is 0 Å². The first-order valence-corrected chi connectivity index (χ1v) is 6.87. The molecule has 2 rings (SSSR count). The summed E-state index contributed by atoms with van der Waals surface area (Å²) in [5.41, 5.74) is 0.972. The van der Waals surface area contributed by atoms with E-state index in [0.717, 1.165) is 38.0 Å². The second-order valence-corrected chi connectivity index (χ2v) is 4.78. The number of likely N-dealkylation sites (tertiary alicyclic amines) is 1. The predicted octanol–water partition coefficient (Wildman–Crippen LogP) is 2.82. The van der Waals surface area contributed by atoms with Crippen molar-refractivity contribution in [2.24, 2.45) is 0 Å². The highest BCUT2D eigenvalue weighted by atomic mass is 16.7. The molecule has 19 heavy (non-hydrogen) atoms. The number of rotatable bonds is 4. The van der Waals surface area contributed by atoms with Gasteiger partial charge in [0, 0.05) is 13.1 Å². The Kier molecular flexibility index (Phi) is 5.21. The van der Waals surface area contributed by atoms with Gasteiger partial charge in [0.25, 0.3) is 0 Å². The summed E-state index contributed by atoms with van der Waals surface area (Å²) in [6, 6.07) is 9.62. The molecule has 0 radical (unpaired) electrons. The molecule has 0 aromatic heterocycles. The van der Waals surface area contributed by atoms with E-state index in [2.05, 4.69) is 11.8 Å². The molecule has 1 aromatic carbocycles. The summed E-state index contributed by atoms with van der Waals surface area (Å²) in [6.07, 6.45) is 1.24. The van der Waals surface area contributed by atoms with Gasteiger partial charge < -0.3 is 14.4 Å². The first kappa shape index (κ1) is 13.9. The smallest absolute Gasteiger partial charge is 0.431 e. The van der Waals surface area contributed by atoms with Crippen molar-refractivity contribution in [2.75, 3.05) is 19.6 Å². The third kappa shape index (κ3) is 4.56. The van der Waals surface area contributed by atoms with E-state index in [0.29, 0.717) is 0 Å². The van der Waals surface area contributed by atoms with Crippen molar-refractivity contribution < 1.29 is 14.3 Å². The van der Waals surface area contributed by atoms with Crippen molar-refractivity contribution in [2.45, 2.75) is 32.5 Å². The predicted molar refractivity (Wildman–Crippen MR) is 72.8 cm³/mol. The Labute approximate surface area is 114 Å². The maximum absolute atomic E-state index is 11.6. The van der Waals surface area contributed by atoms with E-state index in [1.807, 2.05) is 30.3 Å².